The van der Waals surface area contributed by atoms with Crippen molar-refractivity contribution in [2.45, 2.75) is 0 Å². The summed E-state index contributed by atoms with van der Waals surface area (Å²) in [6.45, 7) is 0. The molecule has 8 nitrogen and oxygen atoms in total. The molecule has 6 aromatic carbocycles. The molecule has 0 saturated carbocycles. The largest absolute Gasteiger partial charge is 0.507 e. The zero-order chi connectivity index (χ0) is 31.1. The number of phenols is 4. The van der Waals surface area contributed by atoms with Crippen molar-refractivity contribution in [3.8, 4) is 79.4 Å². The summed E-state index contributed by atoms with van der Waals surface area (Å²) in [6.07, 6.45) is 0. The number of hydrogen-bond donors (Lipinski definition) is 4. The van der Waals surface area contributed by atoms with Gasteiger partial charge in [0.1, 0.15) is 23.0 Å². The topological polar surface area (TPSA) is 118 Å². The van der Waals surface area contributed by atoms with Crippen molar-refractivity contribution in [3.05, 3.63) is 84.9 Å². The lowest BCUT2D eigenvalue weighted by Gasteiger charge is -2.21. The molecular weight excluding hydrogens is 560 g/mol. The van der Waals surface area contributed by atoms with Crippen LogP contribution in [0.1, 0.15) is 0 Å². The molecule has 0 atom stereocenters. The van der Waals surface area contributed by atoms with Crippen LogP contribution in [0.5, 0.6) is 46.0 Å². The van der Waals surface area contributed by atoms with Gasteiger partial charge in [-0.3, -0.25) is 0 Å². The van der Waals surface area contributed by atoms with Crippen LogP contribution < -0.4 is 18.9 Å². The maximum atomic E-state index is 12.1. The lowest BCUT2D eigenvalue weighted by Crippen LogP contribution is -1.95. The molecule has 8 heteroatoms. The summed E-state index contributed by atoms with van der Waals surface area (Å²) in [5.74, 6) is 0.459. The van der Waals surface area contributed by atoms with Crippen LogP contribution in [0.3, 0.4) is 0 Å². The van der Waals surface area contributed by atoms with E-state index in [-0.39, 0.29) is 45.6 Å². The highest BCUT2D eigenvalue weighted by Crippen LogP contribution is 2.54. The summed E-state index contributed by atoms with van der Waals surface area (Å²) >= 11 is 0. The molecule has 0 aliphatic carbocycles. The van der Waals surface area contributed by atoms with Crippen LogP contribution in [0.25, 0.3) is 54.9 Å². The molecule has 0 heterocycles. The van der Waals surface area contributed by atoms with Crippen molar-refractivity contribution in [2.24, 2.45) is 0 Å². The molecule has 222 valence electrons. The van der Waals surface area contributed by atoms with E-state index in [0.29, 0.717) is 44.5 Å². The SMILES string of the molecule is COc1cc(OC)c(O)c(-c2cc3ccccc3c(-c3c(O)c(-c4cc(OC)cc(OC)c4O)cc4ccccc34)c2O)c1. The highest BCUT2D eigenvalue weighted by Gasteiger charge is 2.26. The number of phenolic OH excluding ortho intramolecular Hbond substituents is 4. The van der Waals surface area contributed by atoms with Gasteiger partial charge in [0.15, 0.2) is 23.0 Å². The van der Waals surface area contributed by atoms with Crippen LogP contribution in [0, 0.1) is 0 Å². The Hall–Kier alpha value is -5.76. The molecule has 6 rings (SSSR count). The van der Waals surface area contributed by atoms with Crippen molar-refractivity contribution in [1.29, 1.82) is 0 Å². The third-order valence-corrected chi connectivity index (χ3v) is 7.88. The fourth-order valence-electron chi connectivity index (χ4n) is 5.71. The van der Waals surface area contributed by atoms with Crippen LogP contribution in [0.2, 0.25) is 0 Å². The minimum absolute atomic E-state index is 0.172. The molecule has 0 spiro atoms. The van der Waals surface area contributed by atoms with Gasteiger partial charge < -0.3 is 39.4 Å². The summed E-state index contributed by atoms with van der Waals surface area (Å²) in [7, 11) is 5.87. The van der Waals surface area contributed by atoms with Crippen molar-refractivity contribution < 1.29 is 39.4 Å². The van der Waals surface area contributed by atoms with E-state index in [9.17, 15) is 20.4 Å². The van der Waals surface area contributed by atoms with E-state index in [4.69, 9.17) is 18.9 Å². The Labute approximate surface area is 253 Å². The van der Waals surface area contributed by atoms with Crippen LogP contribution in [-0.2, 0) is 0 Å². The second-order valence-electron chi connectivity index (χ2n) is 10.2. The predicted molar refractivity (Wildman–Crippen MR) is 171 cm³/mol. The highest BCUT2D eigenvalue weighted by molar-refractivity contribution is 6.14. The maximum absolute atomic E-state index is 12.1. The Morgan fingerprint density at radius 1 is 0.409 bits per heavy atom. The zero-order valence-electron chi connectivity index (χ0n) is 24.5. The minimum atomic E-state index is -0.181. The van der Waals surface area contributed by atoms with Gasteiger partial charge in [0, 0.05) is 45.5 Å². The Kier molecular flexibility index (Phi) is 7.19. The Morgan fingerprint density at radius 3 is 1.14 bits per heavy atom. The number of fused-ring (bicyclic) bond motifs is 2. The molecule has 0 bridgehead atoms. The van der Waals surface area contributed by atoms with Crippen LogP contribution in [0.4, 0.5) is 0 Å². The van der Waals surface area contributed by atoms with Crippen LogP contribution in [-0.4, -0.2) is 48.9 Å². The summed E-state index contributed by atoms with van der Waals surface area (Å²) < 4.78 is 21.7. The fourth-order valence-corrected chi connectivity index (χ4v) is 5.71. The Balaban J connectivity index is 1.77. The normalized spacial score (nSPS) is 11.1. The molecule has 0 aromatic heterocycles. The van der Waals surface area contributed by atoms with Gasteiger partial charge in [0.05, 0.1) is 28.4 Å². The molecule has 0 amide bonds. The average Bonchev–Trinajstić information content (AvgIpc) is 3.05. The first-order valence-electron chi connectivity index (χ1n) is 13.7. The molecule has 6 aromatic rings. The summed E-state index contributed by atoms with van der Waals surface area (Å²) in [5.41, 5.74) is 1.83. The molecular formula is C36H30O8. The second kappa shape index (κ2) is 11.1. The third kappa shape index (κ3) is 4.48. The van der Waals surface area contributed by atoms with Gasteiger partial charge in [0.2, 0.25) is 0 Å². The van der Waals surface area contributed by atoms with Crippen molar-refractivity contribution in [1.82, 2.24) is 0 Å². The first kappa shape index (κ1) is 28.4. The lowest BCUT2D eigenvalue weighted by atomic mass is 9.86. The molecule has 0 fully saturated rings. The molecule has 4 N–H and O–H groups in total. The van der Waals surface area contributed by atoms with E-state index in [0.717, 1.165) is 10.8 Å². The van der Waals surface area contributed by atoms with E-state index >= 15 is 0 Å². The zero-order valence-corrected chi connectivity index (χ0v) is 24.5. The van der Waals surface area contributed by atoms with E-state index in [1.807, 2.05) is 48.5 Å². The van der Waals surface area contributed by atoms with Crippen LogP contribution in [0.15, 0.2) is 84.9 Å². The highest BCUT2D eigenvalue weighted by atomic mass is 16.5. The smallest absolute Gasteiger partial charge is 0.166 e. The van der Waals surface area contributed by atoms with Gasteiger partial charge in [-0.15, -0.1) is 0 Å². The summed E-state index contributed by atoms with van der Waals surface area (Å²) in [5, 5.41) is 49.4. The van der Waals surface area contributed by atoms with E-state index in [2.05, 4.69) is 0 Å². The van der Waals surface area contributed by atoms with Crippen molar-refractivity contribution in [2.75, 3.05) is 28.4 Å². The lowest BCUT2D eigenvalue weighted by molar-refractivity contribution is 0.365. The molecule has 44 heavy (non-hydrogen) atoms. The molecule has 0 radical (unpaired) electrons. The van der Waals surface area contributed by atoms with Gasteiger partial charge in [0.25, 0.3) is 0 Å². The Morgan fingerprint density at radius 2 is 0.773 bits per heavy atom. The monoisotopic (exact) mass is 590 g/mol. The number of benzene rings is 6. The van der Waals surface area contributed by atoms with Gasteiger partial charge in [-0.1, -0.05) is 48.5 Å². The first-order valence-corrected chi connectivity index (χ1v) is 13.7. The second-order valence-corrected chi connectivity index (χ2v) is 10.2. The third-order valence-electron chi connectivity index (χ3n) is 7.88. The molecule has 0 aliphatic rings. The van der Waals surface area contributed by atoms with E-state index in [1.54, 1.807) is 36.4 Å². The fraction of sp³-hybridized carbons (Fsp3) is 0.111. The first-order chi connectivity index (χ1) is 21.3. The van der Waals surface area contributed by atoms with Gasteiger partial charge >= 0.3 is 0 Å². The molecule has 0 saturated heterocycles. The number of ether oxygens (including phenoxy) is 4. The maximum Gasteiger partial charge on any atom is 0.166 e. The summed E-state index contributed by atoms with van der Waals surface area (Å²) in [4.78, 5) is 0. The van der Waals surface area contributed by atoms with Crippen LogP contribution >= 0.6 is 0 Å². The average molecular weight is 591 g/mol. The number of methoxy groups -OCH3 is 4. The minimum Gasteiger partial charge on any atom is -0.507 e. The number of rotatable bonds is 7. The quantitative estimate of drug-likeness (QED) is 0.148. The molecule has 0 aliphatic heterocycles. The summed E-state index contributed by atoms with van der Waals surface area (Å²) in [6, 6.07) is 24.8. The number of aromatic hydroxyl groups is 4. The van der Waals surface area contributed by atoms with Crippen molar-refractivity contribution in [3.63, 3.8) is 0 Å². The predicted octanol–water partition coefficient (Wildman–Crippen LogP) is 7.85. The van der Waals surface area contributed by atoms with E-state index in [1.165, 1.54) is 28.4 Å². The van der Waals surface area contributed by atoms with E-state index < -0.39 is 0 Å². The van der Waals surface area contributed by atoms with Crippen molar-refractivity contribution >= 4 is 21.5 Å². The van der Waals surface area contributed by atoms with Gasteiger partial charge in [-0.2, -0.15) is 0 Å². The van der Waals surface area contributed by atoms with Gasteiger partial charge in [-0.25, -0.2) is 0 Å². The Bertz CT molecular complexity index is 1920. The standard InChI is InChI=1S/C36H30O8/c1-41-21-15-27(33(37)29(17-21)43-3)25-13-19-9-5-7-11-23(19)31(35(25)39)32-24-12-8-6-10-20(24)14-26(36(32)40)28-16-22(42-2)18-30(44-4)34(28)38/h5-18,37-40H,1-4H3. The molecule has 0 unspecified atom stereocenters. The van der Waals surface area contributed by atoms with Gasteiger partial charge in [-0.05, 0) is 45.8 Å². The number of hydrogen-bond acceptors (Lipinski definition) is 8.